The zero-order valence-electron chi connectivity index (χ0n) is 16.1. The largest absolute Gasteiger partial charge is 0.340 e. The third-order valence-corrected chi connectivity index (χ3v) is 5.49. The smallest absolute Gasteiger partial charge is 0.224 e. The number of aryl methyl sites for hydroxylation is 2. The summed E-state index contributed by atoms with van der Waals surface area (Å²) in [6.07, 6.45) is 2.34. The number of carbonyl (C=O) groups is 1. The van der Waals surface area contributed by atoms with Gasteiger partial charge in [-0.15, -0.1) is 0 Å². The summed E-state index contributed by atoms with van der Waals surface area (Å²) in [6.45, 7) is 6.62. The number of benzene rings is 2. The van der Waals surface area contributed by atoms with E-state index in [1.54, 1.807) is 0 Å². The van der Waals surface area contributed by atoms with Gasteiger partial charge in [0.1, 0.15) is 5.82 Å². The van der Waals surface area contributed by atoms with Crippen molar-refractivity contribution in [2.24, 2.45) is 0 Å². The molecule has 1 amide bonds. The first-order valence-corrected chi connectivity index (χ1v) is 9.76. The van der Waals surface area contributed by atoms with Crippen molar-refractivity contribution in [2.75, 3.05) is 26.2 Å². The second-order valence-electron chi connectivity index (χ2n) is 7.41. The van der Waals surface area contributed by atoms with Crippen LogP contribution in [0.4, 0.5) is 4.39 Å². The molecule has 1 saturated heterocycles. The summed E-state index contributed by atoms with van der Waals surface area (Å²) in [6, 6.07) is 12.8. The zero-order valence-corrected chi connectivity index (χ0v) is 16.1. The fraction of sp³-hybridized carbons (Fsp3) is 0.364. The van der Waals surface area contributed by atoms with Crippen LogP contribution in [0.2, 0.25) is 0 Å². The van der Waals surface area contributed by atoms with E-state index in [2.05, 4.69) is 23.0 Å². The second-order valence-corrected chi connectivity index (χ2v) is 7.41. The number of carbonyl (C=O) groups excluding carboxylic acids is 1. The van der Waals surface area contributed by atoms with E-state index in [4.69, 9.17) is 0 Å². The summed E-state index contributed by atoms with van der Waals surface area (Å²) in [7, 11) is 0. The summed E-state index contributed by atoms with van der Waals surface area (Å²) in [4.78, 5) is 16.9. The molecule has 3 aromatic rings. The van der Waals surface area contributed by atoms with E-state index in [9.17, 15) is 9.18 Å². The van der Waals surface area contributed by atoms with E-state index in [0.717, 1.165) is 49.2 Å². The topological polar surface area (TPSA) is 41.4 Å². The molecule has 1 aromatic heterocycles. The molecule has 2 heterocycles. The van der Waals surface area contributed by atoms with Crippen molar-refractivity contribution < 1.29 is 9.18 Å². The Labute approximate surface area is 164 Å². The zero-order chi connectivity index (χ0) is 19.5. The van der Waals surface area contributed by atoms with Crippen LogP contribution in [0.15, 0.2) is 48.7 Å². The van der Waals surface area contributed by atoms with E-state index < -0.39 is 0 Å². The van der Waals surface area contributed by atoms with Crippen LogP contribution >= 0.6 is 0 Å². The Bertz CT molecular complexity index is 958. The molecule has 28 heavy (non-hydrogen) atoms. The lowest BCUT2D eigenvalue weighted by atomic mass is 10.1. The van der Waals surface area contributed by atoms with Crippen LogP contribution in [0, 0.1) is 12.7 Å². The Kier molecular flexibility index (Phi) is 5.39. The summed E-state index contributed by atoms with van der Waals surface area (Å²) < 4.78 is 14.9. The van der Waals surface area contributed by atoms with E-state index in [-0.39, 0.29) is 11.7 Å². The SMILES string of the molecule is Cc1cccc2c1cnn2CCC(=O)N1CCN(Cc2ccc(F)cc2)CC1. The van der Waals surface area contributed by atoms with Gasteiger partial charge in [-0.25, -0.2) is 4.39 Å². The Balaban J connectivity index is 1.28. The van der Waals surface area contributed by atoms with Gasteiger partial charge in [0.05, 0.1) is 18.3 Å². The van der Waals surface area contributed by atoms with Crippen molar-refractivity contribution in [1.82, 2.24) is 19.6 Å². The number of hydrogen-bond donors (Lipinski definition) is 0. The molecule has 0 bridgehead atoms. The normalized spacial score (nSPS) is 15.3. The number of amides is 1. The molecule has 0 radical (unpaired) electrons. The van der Waals surface area contributed by atoms with Crippen molar-refractivity contribution in [1.29, 1.82) is 0 Å². The lowest BCUT2D eigenvalue weighted by Gasteiger charge is -2.34. The van der Waals surface area contributed by atoms with E-state index >= 15 is 0 Å². The third-order valence-electron chi connectivity index (χ3n) is 5.49. The monoisotopic (exact) mass is 380 g/mol. The molecule has 1 fully saturated rings. The molecule has 1 aliphatic heterocycles. The fourth-order valence-electron chi connectivity index (χ4n) is 3.79. The molecule has 0 spiro atoms. The maximum atomic E-state index is 13.0. The van der Waals surface area contributed by atoms with Crippen molar-refractivity contribution in [3.8, 4) is 0 Å². The lowest BCUT2D eigenvalue weighted by Crippen LogP contribution is -2.48. The van der Waals surface area contributed by atoms with Gasteiger partial charge < -0.3 is 4.90 Å². The van der Waals surface area contributed by atoms with Crippen molar-refractivity contribution in [3.05, 3.63) is 65.6 Å². The van der Waals surface area contributed by atoms with Gasteiger partial charge in [0.15, 0.2) is 0 Å². The summed E-state index contributed by atoms with van der Waals surface area (Å²) in [5.74, 6) is -0.0305. The van der Waals surface area contributed by atoms with Crippen molar-refractivity contribution in [2.45, 2.75) is 26.4 Å². The average Bonchev–Trinajstić information content (AvgIpc) is 3.13. The predicted octanol–water partition coefficient (Wildman–Crippen LogP) is 3.22. The summed E-state index contributed by atoms with van der Waals surface area (Å²) >= 11 is 0. The number of nitrogens with zero attached hydrogens (tertiary/aromatic N) is 4. The molecule has 0 saturated carbocycles. The van der Waals surface area contributed by atoms with Crippen molar-refractivity contribution in [3.63, 3.8) is 0 Å². The minimum absolute atomic E-state index is 0.178. The maximum Gasteiger partial charge on any atom is 0.224 e. The van der Waals surface area contributed by atoms with Crippen LogP contribution < -0.4 is 0 Å². The van der Waals surface area contributed by atoms with Gasteiger partial charge in [-0.2, -0.15) is 5.10 Å². The number of piperazine rings is 1. The highest BCUT2D eigenvalue weighted by Gasteiger charge is 2.21. The number of fused-ring (bicyclic) bond motifs is 1. The van der Waals surface area contributed by atoms with Gasteiger partial charge in [0.2, 0.25) is 5.91 Å². The number of aromatic nitrogens is 2. The second kappa shape index (κ2) is 8.10. The number of halogens is 1. The highest BCUT2D eigenvalue weighted by molar-refractivity contribution is 5.82. The molecule has 0 N–H and O–H groups in total. The molecule has 146 valence electrons. The van der Waals surface area contributed by atoms with Crippen molar-refractivity contribution >= 4 is 16.8 Å². The summed E-state index contributed by atoms with van der Waals surface area (Å²) in [5.41, 5.74) is 3.38. The van der Waals surface area contributed by atoms with Crippen LogP contribution in [0.25, 0.3) is 10.9 Å². The van der Waals surface area contributed by atoms with E-state index in [1.807, 2.05) is 40.0 Å². The molecule has 6 heteroatoms. The Morgan fingerprint density at radius 1 is 1.07 bits per heavy atom. The first-order chi connectivity index (χ1) is 13.6. The first kappa shape index (κ1) is 18.6. The third kappa shape index (κ3) is 4.07. The molecule has 0 atom stereocenters. The number of rotatable bonds is 5. The standard InChI is InChI=1S/C22H25FN4O/c1-17-3-2-4-21-20(17)15-24-27(21)10-9-22(28)26-13-11-25(12-14-26)16-18-5-7-19(23)8-6-18/h2-8,15H,9-14,16H2,1H3. The molecule has 4 rings (SSSR count). The van der Waals surface area contributed by atoms with Gasteiger partial charge in [0.25, 0.3) is 0 Å². The quantitative estimate of drug-likeness (QED) is 0.683. The highest BCUT2D eigenvalue weighted by Crippen LogP contribution is 2.18. The average molecular weight is 380 g/mol. The fourth-order valence-corrected chi connectivity index (χ4v) is 3.79. The minimum Gasteiger partial charge on any atom is -0.340 e. The van der Waals surface area contributed by atoms with Crippen LogP contribution in [0.3, 0.4) is 0 Å². The highest BCUT2D eigenvalue weighted by atomic mass is 19.1. The van der Waals surface area contributed by atoms with Gasteiger partial charge in [-0.3, -0.25) is 14.4 Å². The van der Waals surface area contributed by atoms with Gasteiger partial charge in [-0.05, 0) is 36.2 Å². The van der Waals surface area contributed by atoms with Gasteiger partial charge >= 0.3 is 0 Å². The Hall–Kier alpha value is -2.73. The Morgan fingerprint density at radius 3 is 2.57 bits per heavy atom. The predicted molar refractivity (Wildman–Crippen MR) is 107 cm³/mol. The molecule has 1 aliphatic rings. The first-order valence-electron chi connectivity index (χ1n) is 9.76. The van der Waals surface area contributed by atoms with Crippen LogP contribution in [-0.4, -0.2) is 51.7 Å². The van der Waals surface area contributed by atoms with Crippen LogP contribution in [0.5, 0.6) is 0 Å². The lowest BCUT2D eigenvalue weighted by molar-refractivity contribution is -0.133. The molecular weight excluding hydrogens is 355 g/mol. The van der Waals surface area contributed by atoms with Crippen LogP contribution in [0.1, 0.15) is 17.5 Å². The molecule has 2 aromatic carbocycles. The van der Waals surface area contributed by atoms with E-state index in [0.29, 0.717) is 13.0 Å². The molecular formula is C22H25FN4O. The Morgan fingerprint density at radius 2 is 1.82 bits per heavy atom. The van der Waals surface area contributed by atoms with Gasteiger partial charge in [0, 0.05) is 44.5 Å². The number of hydrogen-bond acceptors (Lipinski definition) is 3. The maximum absolute atomic E-state index is 13.0. The van der Waals surface area contributed by atoms with E-state index in [1.165, 1.54) is 17.7 Å². The summed E-state index contributed by atoms with van der Waals surface area (Å²) in [5, 5.41) is 5.59. The molecule has 0 aliphatic carbocycles. The minimum atomic E-state index is -0.209. The molecule has 0 unspecified atom stereocenters. The van der Waals surface area contributed by atoms with Gasteiger partial charge in [-0.1, -0.05) is 24.3 Å². The molecule has 5 nitrogen and oxygen atoms in total. The van der Waals surface area contributed by atoms with Crippen LogP contribution in [-0.2, 0) is 17.9 Å².